The Morgan fingerprint density at radius 3 is 2.38 bits per heavy atom. The van der Waals surface area contributed by atoms with Crippen molar-refractivity contribution in [1.29, 1.82) is 0 Å². The molecule has 0 bridgehead atoms. The number of urea groups is 1. The van der Waals surface area contributed by atoms with Crippen LogP contribution < -0.4 is 10.6 Å². The van der Waals surface area contributed by atoms with Gasteiger partial charge in [-0.2, -0.15) is 0 Å². The van der Waals surface area contributed by atoms with E-state index in [0.717, 1.165) is 4.90 Å². The lowest BCUT2D eigenvalue weighted by Gasteiger charge is -2.25. The maximum Gasteiger partial charge on any atom is 0.325 e. The first-order valence-corrected chi connectivity index (χ1v) is 8.59. The summed E-state index contributed by atoms with van der Waals surface area (Å²) in [6.45, 7) is 1.45. The number of halogens is 1. The highest BCUT2D eigenvalue weighted by Crippen LogP contribution is 2.33. The number of amides is 4. The molecule has 1 aliphatic heterocycles. The van der Waals surface area contributed by atoms with Crippen molar-refractivity contribution in [3.63, 3.8) is 0 Å². The largest absolute Gasteiger partial charge is 0.325 e. The molecule has 1 heterocycles. The van der Waals surface area contributed by atoms with E-state index < -0.39 is 23.4 Å². The van der Waals surface area contributed by atoms with E-state index in [1.54, 1.807) is 55.5 Å². The second-order valence-corrected chi connectivity index (χ2v) is 6.44. The number of hydrogen-bond donors (Lipinski definition) is 2. The Morgan fingerprint density at radius 1 is 1.12 bits per heavy atom. The predicted octanol–water partition coefficient (Wildman–Crippen LogP) is 3.14. The minimum absolute atomic E-state index is 0.352. The zero-order valence-electron chi connectivity index (χ0n) is 14.2. The Hall–Kier alpha value is -2.86. The van der Waals surface area contributed by atoms with Crippen molar-refractivity contribution in [1.82, 2.24) is 10.2 Å². The van der Waals surface area contributed by atoms with Crippen molar-refractivity contribution in [3.8, 4) is 0 Å². The molecule has 134 valence electrons. The van der Waals surface area contributed by atoms with E-state index in [0.29, 0.717) is 22.7 Å². The van der Waals surface area contributed by atoms with Gasteiger partial charge in [-0.25, -0.2) is 4.79 Å². The van der Waals surface area contributed by atoms with E-state index in [4.69, 9.17) is 11.6 Å². The van der Waals surface area contributed by atoms with E-state index in [1.165, 1.54) is 0 Å². The minimum atomic E-state index is -1.19. The highest BCUT2D eigenvalue weighted by molar-refractivity contribution is 6.30. The number of carbonyl (C=O) groups is 3. The summed E-state index contributed by atoms with van der Waals surface area (Å²) in [4.78, 5) is 38.5. The average Bonchev–Trinajstić information content (AvgIpc) is 2.88. The number of para-hydroxylation sites is 1. The standard InChI is InChI=1S/C19H18ClN3O3/c1-2-19(13-8-10-14(20)11-9-13)17(25)23(18(26)22-19)12-16(24)21-15-6-4-3-5-7-15/h3-11H,2,12H2,1H3,(H,21,24)(H,22,26)/t19-/m0/s1. The summed E-state index contributed by atoms with van der Waals surface area (Å²) in [5.74, 6) is -0.891. The fraction of sp³-hybridized carbons (Fsp3) is 0.211. The Morgan fingerprint density at radius 2 is 1.77 bits per heavy atom. The van der Waals surface area contributed by atoms with Crippen LogP contribution in [-0.4, -0.2) is 29.3 Å². The van der Waals surface area contributed by atoms with Gasteiger partial charge >= 0.3 is 6.03 Å². The van der Waals surface area contributed by atoms with Crippen molar-refractivity contribution in [2.75, 3.05) is 11.9 Å². The number of rotatable bonds is 5. The number of benzene rings is 2. The van der Waals surface area contributed by atoms with Crippen LogP contribution in [0.4, 0.5) is 10.5 Å². The molecule has 2 aromatic carbocycles. The Balaban J connectivity index is 1.79. The van der Waals surface area contributed by atoms with Crippen molar-refractivity contribution < 1.29 is 14.4 Å². The van der Waals surface area contributed by atoms with Crippen LogP contribution in [-0.2, 0) is 15.1 Å². The molecule has 2 N–H and O–H groups in total. The summed E-state index contributed by atoms with van der Waals surface area (Å²) in [5.41, 5.74) is 0.0482. The van der Waals surface area contributed by atoms with Gasteiger partial charge in [0.1, 0.15) is 12.1 Å². The van der Waals surface area contributed by atoms with E-state index in [9.17, 15) is 14.4 Å². The quantitative estimate of drug-likeness (QED) is 0.792. The number of anilines is 1. The summed E-state index contributed by atoms with van der Waals surface area (Å²) < 4.78 is 0. The Labute approximate surface area is 156 Å². The highest BCUT2D eigenvalue weighted by Gasteiger charge is 2.51. The Bertz CT molecular complexity index is 839. The summed E-state index contributed by atoms with van der Waals surface area (Å²) in [6, 6.07) is 15.0. The lowest BCUT2D eigenvalue weighted by Crippen LogP contribution is -2.44. The molecule has 1 saturated heterocycles. The summed E-state index contributed by atoms with van der Waals surface area (Å²) in [6.07, 6.45) is 0.357. The maximum atomic E-state index is 13.0. The molecule has 1 atom stereocenters. The van der Waals surface area contributed by atoms with E-state index in [-0.39, 0.29) is 6.54 Å². The summed E-state index contributed by atoms with van der Waals surface area (Å²) >= 11 is 5.91. The topological polar surface area (TPSA) is 78.5 Å². The molecule has 4 amide bonds. The molecule has 0 radical (unpaired) electrons. The third kappa shape index (κ3) is 3.28. The van der Waals surface area contributed by atoms with Crippen LogP contribution in [0.3, 0.4) is 0 Å². The molecule has 7 heteroatoms. The maximum absolute atomic E-state index is 13.0. The van der Waals surface area contributed by atoms with Crippen LogP contribution in [0.15, 0.2) is 54.6 Å². The third-order valence-electron chi connectivity index (χ3n) is 4.40. The van der Waals surface area contributed by atoms with Crippen LogP contribution in [0.2, 0.25) is 5.02 Å². The lowest BCUT2D eigenvalue weighted by molar-refractivity contribution is -0.134. The number of hydrogen-bond acceptors (Lipinski definition) is 3. The third-order valence-corrected chi connectivity index (χ3v) is 4.65. The molecule has 2 aromatic rings. The van der Waals surface area contributed by atoms with Crippen LogP contribution in [0.5, 0.6) is 0 Å². The number of imide groups is 1. The van der Waals surface area contributed by atoms with Crippen LogP contribution in [0, 0.1) is 0 Å². The fourth-order valence-electron chi connectivity index (χ4n) is 3.01. The van der Waals surface area contributed by atoms with Crippen LogP contribution >= 0.6 is 11.6 Å². The Kier molecular flexibility index (Phi) is 4.95. The van der Waals surface area contributed by atoms with Crippen LogP contribution in [0.1, 0.15) is 18.9 Å². The van der Waals surface area contributed by atoms with Crippen LogP contribution in [0.25, 0.3) is 0 Å². The molecular formula is C19H18ClN3O3. The van der Waals surface area contributed by atoms with Gasteiger partial charge in [0.15, 0.2) is 0 Å². The molecule has 0 unspecified atom stereocenters. The molecular weight excluding hydrogens is 354 g/mol. The SMILES string of the molecule is CC[C@@]1(c2ccc(Cl)cc2)NC(=O)N(CC(=O)Nc2ccccc2)C1=O. The molecule has 0 saturated carbocycles. The van der Waals surface area contributed by atoms with Gasteiger partial charge in [-0.3, -0.25) is 14.5 Å². The van der Waals surface area contributed by atoms with Gasteiger partial charge in [-0.1, -0.05) is 48.9 Å². The van der Waals surface area contributed by atoms with E-state index in [1.807, 2.05) is 6.07 Å². The van der Waals surface area contributed by atoms with E-state index in [2.05, 4.69) is 10.6 Å². The lowest BCUT2D eigenvalue weighted by atomic mass is 9.87. The van der Waals surface area contributed by atoms with Crippen molar-refractivity contribution in [2.24, 2.45) is 0 Å². The molecule has 0 aromatic heterocycles. The molecule has 0 aliphatic carbocycles. The zero-order valence-corrected chi connectivity index (χ0v) is 14.9. The molecule has 0 spiro atoms. The molecule has 6 nitrogen and oxygen atoms in total. The first-order valence-electron chi connectivity index (χ1n) is 8.21. The number of nitrogens with one attached hydrogen (secondary N) is 2. The summed E-state index contributed by atoms with van der Waals surface area (Å²) in [5, 5.41) is 5.95. The van der Waals surface area contributed by atoms with Crippen molar-refractivity contribution >= 4 is 35.1 Å². The van der Waals surface area contributed by atoms with Crippen molar-refractivity contribution in [2.45, 2.75) is 18.9 Å². The van der Waals surface area contributed by atoms with Gasteiger partial charge in [-0.05, 0) is 36.2 Å². The molecule has 26 heavy (non-hydrogen) atoms. The molecule has 3 rings (SSSR count). The normalized spacial score (nSPS) is 19.4. The zero-order chi connectivity index (χ0) is 18.7. The first-order chi connectivity index (χ1) is 12.5. The van der Waals surface area contributed by atoms with Gasteiger partial charge < -0.3 is 10.6 Å². The second-order valence-electron chi connectivity index (χ2n) is 6.00. The van der Waals surface area contributed by atoms with Gasteiger partial charge in [0.2, 0.25) is 5.91 Å². The van der Waals surface area contributed by atoms with Crippen molar-refractivity contribution in [3.05, 3.63) is 65.2 Å². The first kappa shape index (κ1) is 17.9. The van der Waals surface area contributed by atoms with Gasteiger partial charge in [0.25, 0.3) is 5.91 Å². The minimum Gasteiger partial charge on any atom is -0.325 e. The fourth-order valence-corrected chi connectivity index (χ4v) is 3.14. The van der Waals surface area contributed by atoms with Gasteiger partial charge in [0, 0.05) is 10.7 Å². The molecule has 1 fully saturated rings. The monoisotopic (exact) mass is 371 g/mol. The van der Waals surface area contributed by atoms with E-state index >= 15 is 0 Å². The second kappa shape index (κ2) is 7.17. The number of nitrogens with zero attached hydrogens (tertiary/aromatic N) is 1. The number of carbonyl (C=O) groups excluding carboxylic acids is 3. The highest BCUT2D eigenvalue weighted by atomic mass is 35.5. The van der Waals surface area contributed by atoms with Gasteiger partial charge in [-0.15, -0.1) is 0 Å². The average molecular weight is 372 g/mol. The summed E-state index contributed by atoms with van der Waals surface area (Å²) in [7, 11) is 0. The van der Waals surface area contributed by atoms with Gasteiger partial charge in [0.05, 0.1) is 0 Å². The predicted molar refractivity (Wildman–Crippen MR) is 98.7 cm³/mol. The molecule has 1 aliphatic rings. The smallest absolute Gasteiger partial charge is 0.325 e.